The van der Waals surface area contributed by atoms with E-state index in [4.69, 9.17) is 9.05 Å². The number of quaternary nitrogens is 1. The van der Waals surface area contributed by atoms with Gasteiger partial charge in [-0.3, -0.25) is 9.36 Å². The summed E-state index contributed by atoms with van der Waals surface area (Å²) in [5.74, 6) is -0.190. The van der Waals surface area contributed by atoms with Crippen LogP contribution in [0, 0.1) is 0 Å². The predicted octanol–water partition coefficient (Wildman–Crippen LogP) is 20.9. The van der Waals surface area contributed by atoms with Gasteiger partial charge in [0.1, 0.15) is 13.2 Å². The van der Waals surface area contributed by atoms with Crippen molar-refractivity contribution in [1.82, 2.24) is 5.32 Å². The lowest BCUT2D eigenvalue weighted by Crippen LogP contribution is -2.45. The topological polar surface area (TPSA) is 108 Å². The molecule has 8 nitrogen and oxygen atoms in total. The largest absolute Gasteiger partial charge is 0.756 e. The predicted molar refractivity (Wildman–Crippen MR) is 335 cm³/mol. The maximum atomic E-state index is 13.0. The Bertz CT molecular complexity index is 1300. The minimum Gasteiger partial charge on any atom is -0.756 e. The molecule has 3 atom stereocenters. The third kappa shape index (κ3) is 62.4. The average Bonchev–Trinajstić information content (AvgIpc) is 3.39. The van der Waals surface area contributed by atoms with Gasteiger partial charge >= 0.3 is 0 Å². The van der Waals surface area contributed by atoms with Gasteiger partial charge in [0, 0.05) is 6.42 Å². The third-order valence-electron chi connectivity index (χ3n) is 15.9. The van der Waals surface area contributed by atoms with E-state index in [0.717, 1.165) is 38.5 Å². The number of hydrogen-bond donors (Lipinski definition) is 2. The Hall–Kier alpha value is -1.02. The van der Waals surface area contributed by atoms with E-state index >= 15 is 0 Å². The number of phosphoric ester groups is 1. The zero-order valence-electron chi connectivity index (χ0n) is 52.4. The summed E-state index contributed by atoms with van der Waals surface area (Å²) in [4.78, 5) is 25.6. The number of likely N-dealkylation sites (N-methyl/N-ethyl adjacent to an activating group) is 1. The second-order valence-corrected chi connectivity index (χ2v) is 26.3. The van der Waals surface area contributed by atoms with Crippen LogP contribution >= 0.6 is 7.82 Å². The standard InChI is InChI=1S/C68H135N2O6P/c1-6-8-10-12-14-16-18-20-22-24-26-28-30-32-34-36-37-39-41-43-45-47-49-51-53-55-57-59-61-67(71)66(65-76-77(73,74)75-64-63-70(3,4)5)69-68(72)62-60-58-56-54-52-50-48-46-44-42-40-38-35-33-31-29-27-25-23-21-19-17-15-13-11-9-7-2/h25,27,59,61,66-67,71H,6-24,26,28-58,60,62-65H2,1-5H3,(H-,69,72,73,74)/b27-25-,61-59+. The molecule has 458 valence electrons. The molecule has 0 aromatic rings. The van der Waals surface area contributed by atoms with Crippen molar-refractivity contribution in [1.29, 1.82) is 0 Å². The highest BCUT2D eigenvalue weighted by Gasteiger charge is 2.23. The van der Waals surface area contributed by atoms with Crippen LogP contribution in [0.1, 0.15) is 354 Å². The lowest BCUT2D eigenvalue weighted by atomic mass is 10.0. The Morgan fingerprint density at radius 1 is 0.442 bits per heavy atom. The van der Waals surface area contributed by atoms with Gasteiger partial charge in [0.25, 0.3) is 7.82 Å². The molecule has 9 heteroatoms. The van der Waals surface area contributed by atoms with Crippen LogP contribution < -0.4 is 10.2 Å². The first-order valence-electron chi connectivity index (χ1n) is 34.2. The van der Waals surface area contributed by atoms with Crippen LogP contribution in [0.2, 0.25) is 0 Å². The van der Waals surface area contributed by atoms with Gasteiger partial charge in [-0.15, -0.1) is 0 Å². The Kier molecular flexibility index (Phi) is 58.8. The molecule has 0 rings (SSSR count). The van der Waals surface area contributed by atoms with E-state index in [9.17, 15) is 19.4 Å². The quantitative estimate of drug-likeness (QED) is 0.0272. The van der Waals surface area contributed by atoms with Gasteiger partial charge in [-0.25, -0.2) is 0 Å². The Morgan fingerprint density at radius 3 is 1.01 bits per heavy atom. The summed E-state index contributed by atoms with van der Waals surface area (Å²) < 4.78 is 23.5. The second-order valence-electron chi connectivity index (χ2n) is 24.9. The number of carbonyl (C=O) groups excluding carboxylic acids is 1. The van der Waals surface area contributed by atoms with Crippen LogP contribution in [0.4, 0.5) is 0 Å². The van der Waals surface area contributed by atoms with Crippen molar-refractivity contribution in [2.24, 2.45) is 0 Å². The van der Waals surface area contributed by atoms with Crippen molar-refractivity contribution in [2.75, 3.05) is 40.9 Å². The number of unbranched alkanes of at least 4 members (excludes halogenated alkanes) is 49. The van der Waals surface area contributed by atoms with E-state index in [2.05, 4.69) is 31.3 Å². The van der Waals surface area contributed by atoms with Gasteiger partial charge in [-0.1, -0.05) is 327 Å². The van der Waals surface area contributed by atoms with Crippen LogP contribution in [0.5, 0.6) is 0 Å². The van der Waals surface area contributed by atoms with Crippen molar-refractivity contribution in [2.45, 2.75) is 366 Å². The molecule has 0 radical (unpaired) electrons. The summed E-state index contributed by atoms with van der Waals surface area (Å²) in [5.41, 5.74) is 0. The monoisotopic (exact) mass is 1110 g/mol. The van der Waals surface area contributed by atoms with E-state index in [1.807, 2.05) is 27.2 Å². The Labute approximate surface area is 481 Å². The number of nitrogens with zero attached hydrogens (tertiary/aromatic N) is 1. The van der Waals surface area contributed by atoms with Crippen LogP contribution in [-0.2, 0) is 18.4 Å². The zero-order valence-corrected chi connectivity index (χ0v) is 53.3. The summed E-state index contributed by atoms with van der Waals surface area (Å²) >= 11 is 0. The number of aliphatic hydroxyl groups excluding tert-OH is 1. The minimum atomic E-state index is -4.60. The first-order valence-corrected chi connectivity index (χ1v) is 35.7. The molecule has 0 aromatic heterocycles. The molecule has 0 aliphatic carbocycles. The van der Waals surface area contributed by atoms with Crippen molar-refractivity contribution in [3.63, 3.8) is 0 Å². The summed E-state index contributed by atoms with van der Waals surface area (Å²) in [7, 11) is 1.28. The lowest BCUT2D eigenvalue weighted by molar-refractivity contribution is -0.870. The molecule has 3 unspecified atom stereocenters. The number of nitrogens with one attached hydrogen (secondary N) is 1. The molecule has 0 heterocycles. The first kappa shape index (κ1) is 76.0. The number of hydrogen-bond acceptors (Lipinski definition) is 6. The van der Waals surface area contributed by atoms with Gasteiger partial charge in [-0.2, -0.15) is 0 Å². The molecule has 0 bridgehead atoms. The molecule has 77 heavy (non-hydrogen) atoms. The third-order valence-corrected chi connectivity index (χ3v) is 16.9. The number of rotatable bonds is 64. The van der Waals surface area contributed by atoms with Crippen LogP contribution in [0.3, 0.4) is 0 Å². The van der Waals surface area contributed by atoms with Crippen LogP contribution in [-0.4, -0.2) is 68.5 Å². The number of carbonyl (C=O) groups is 1. The molecule has 0 fully saturated rings. The molecule has 0 aliphatic heterocycles. The molecular formula is C68H135N2O6P. The molecule has 0 aliphatic rings. The Balaban J connectivity index is 4.07. The average molecular weight is 1110 g/mol. The van der Waals surface area contributed by atoms with Gasteiger partial charge < -0.3 is 28.8 Å². The first-order chi connectivity index (χ1) is 37.5. The van der Waals surface area contributed by atoms with E-state index in [0.29, 0.717) is 17.4 Å². The molecule has 0 saturated carbocycles. The fraction of sp³-hybridized carbons (Fsp3) is 0.926. The van der Waals surface area contributed by atoms with Gasteiger partial charge in [-0.05, 0) is 44.9 Å². The number of phosphoric acid groups is 1. The van der Waals surface area contributed by atoms with Crippen molar-refractivity contribution < 1.29 is 32.9 Å². The molecule has 0 saturated heterocycles. The molecular weight excluding hydrogens is 972 g/mol. The number of amides is 1. The number of aliphatic hydroxyl groups is 1. The summed E-state index contributed by atoms with van der Waals surface area (Å²) in [5, 5.41) is 14.0. The number of allylic oxidation sites excluding steroid dienone is 3. The molecule has 1 amide bonds. The highest BCUT2D eigenvalue weighted by Crippen LogP contribution is 2.38. The minimum absolute atomic E-state index is 0.00157. The fourth-order valence-electron chi connectivity index (χ4n) is 10.6. The SMILES string of the molecule is CCCCCCCCCC/C=C\CCCCCCCCCCCCCCCCCC(=O)NC(COP(=O)([O-])OCC[N+](C)(C)C)C(O)/C=C/CCCCCCCCCCCCCCCCCCCCCCCCCCCC. The fourth-order valence-corrected chi connectivity index (χ4v) is 11.3. The summed E-state index contributed by atoms with van der Waals surface area (Å²) in [6, 6.07) is -0.886. The van der Waals surface area contributed by atoms with Crippen molar-refractivity contribution >= 4 is 13.7 Å². The summed E-state index contributed by atoms with van der Waals surface area (Å²) in [6.07, 6.45) is 77.2. The highest BCUT2D eigenvalue weighted by molar-refractivity contribution is 7.45. The molecule has 0 aromatic carbocycles. The maximum absolute atomic E-state index is 13.0. The van der Waals surface area contributed by atoms with Gasteiger partial charge in [0.2, 0.25) is 5.91 Å². The maximum Gasteiger partial charge on any atom is 0.268 e. The lowest BCUT2D eigenvalue weighted by Gasteiger charge is -2.29. The highest BCUT2D eigenvalue weighted by atomic mass is 31.2. The van der Waals surface area contributed by atoms with Crippen LogP contribution in [0.15, 0.2) is 24.3 Å². The van der Waals surface area contributed by atoms with E-state index in [-0.39, 0.29) is 19.1 Å². The van der Waals surface area contributed by atoms with Crippen molar-refractivity contribution in [3.8, 4) is 0 Å². The van der Waals surface area contributed by atoms with Crippen LogP contribution in [0.25, 0.3) is 0 Å². The Morgan fingerprint density at radius 2 is 0.714 bits per heavy atom. The summed E-state index contributed by atoms with van der Waals surface area (Å²) in [6.45, 7) is 4.71. The molecule has 0 spiro atoms. The van der Waals surface area contributed by atoms with Gasteiger partial charge in [0.05, 0.1) is 39.9 Å². The van der Waals surface area contributed by atoms with Crippen molar-refractivity contribution in [3.05, 3.63) is 24.3 Å². The van der Waals surface area contributed by atoms with E-state index < -0.39 is 20.0 Å². The zero-order chi connectivity index (χ0) is 56.3. The smallest absolute Gasteiger partial charge is 0.268 e. The van der Waals surface area contributed by atoms with E-state index in [1.54, 1.807) is 6.08 Å². The second kappa shape index (κ2) is 59.6. The normalized spacial score (nSPS) is 13.8. The van der Waals surface area contributed by atoms with Gasteiger partial charge in [0.15, 0.2) is 0 Å². The molecule has 2 N–H and O–H groups in total. The van der Waals surface area contributed by atoms with E-state index in [1.165, 1.54) is 295 Å².